The number of nitrogens with zero attached hydrogens (tertiary/aromatic N) is 1. The van der Waals surface area contributed by atoms with E-state index in [2.05, 4.69) is 12.2 Å². The van der Waals surface area contributed by atoms with Crippen molar-refractivity contribution in [3.05, 3.63) is 125 Å². The number of amides is 2. The second kappa shape index (κ2) is 17.8. The number of carboxylic acid groups (broad SMARTS) is 2. The van der Waals surface area contributed by atoms with Crippen molar-refractivity contribution in [3.63, 3.8) is 0 Å². The summed E-state index contributed by atoms with van der Waals surface area (Å²) in [7, 11) is 0. The summed E-state index contributed by atoms with van der Waals surface area (Å²) in [6.07, 6.45) is 5.71. The van der Waals surface area contributed by atoms with Crippen LogP contribution >= 0.6 is 0 Å². The zero-order valence-electron chi connectivity index (χ0n) is 27.1. The molecule has 0 heterocycles. The first-order valence-electron chi connectivity index (χ1n) is 15.9. The molecule has 0 unspecified atom stereocenters. The van der Waals surface area contributed by atoms with Gasteiger partial charge in [0.05, 0.1) is 17.7 Å². The van der Waals surface area contributed by atoms with Gasteiger partial charge < -0.3 is 29.9 Å². The van der Waals surface area contributed by atoms with Crippen LogP contribution in [-0.4, -0.2) is 58.0 Å². The van der Waals surface area contributed by atoms with E-state index in [1.807, 2.05) is 0 Å². The van der Waals surface area contributed by atoms with Crippen molar-refractivity contribution >= 4 is 35.4 Å². The largest absolute Gasteiger partial charge is 0.494 e. The van der Waals surface area contributed by atoms with E-state index >= 15 is 0 Å². The van der Waals surface area contributed by atoms with Crippen LogP contribution < -0.4 is 14.8 Å². The summed E-state index contributed by atoms with van der Waals surface area (Å²) in [5.41, 5.74) is 1.87. The first kappa shape index (κ1) is 35.9. The highest BCUT2D eigenvalue weighted by atomic mass is 16.5. The van der Waals surface area contributed by atoms with E-state index in [-0.39, 0.29) is 29.0 Å². The number of anilines is 1. The predicted octanol–water partition coefficient (Wildman–Crippen LogP) is 6.93. The molecule has 4 aromatic carbocycles. The van der Waals surface area contributed by atoms with E-state index in [0.29, 0.717) is 29.2 Å². The molecule has 0 saturated heterocycles. The topological polar surface area (TPSA) is 160 Å². The molecule has 11 heteroatoms. The van der Waals surface area contributed by atoms with Gasteiger partial charge in [0.25, 0.3) is 11.8 Å². The molecule has 0 aromatic heterocycles. The van der Waals surface area contributed by atoms with Gasteiger partial charge in [0.1, 0.15) is 18.0 Å². The normalized spacial score (nSPS) is 10.6. The van der Waals surface area contributed by atoms with Crippen molar-refractivity contribution in [2.75, 3.05) is 18.5 Å². The zero-order chi connectivity index (χ0) is 35.2. The third-order valence-electron chi connectivity index (χ3n) is 7.51. The number of nitrogens with one attached hydrogen (secondary N) is 1. The molecule has 0 fully saturated rings. The van der Waals surface area contributed by atoms with Gasteiger partial charge in [-0.15, -0.1) is 0 Å². The van der Waals surface area contributed by atoms with E-state index in [4.69, 9.17) is 14.6 Å². The molecule has 0 bridgehead atoms. The fraction of sp³-hybridized carbons (Fsp3) is 0.237. The highest BCUT2D eigenvalue weighted by molar-refractivity contribution is 6.05. The lowest BCUT2D eigenvalue weighted by molar-refractivity contribution is -0.137. The Labute approximate surface area is 284 Å². The second-order valence-electron chi connectivity index (χ2n) is 11.3. The molecule has 3 N–H and O–H groups in total. The van der Waals surface area contributed by atoms with Gasteiger partial charge in [0, 0.05) is 23.4 Å². The van der Waals surface area contributed by atoms with Crippen molar-refractivity contribution < 1.29 is 43.7 Å². The van der Waals surface area contributed by atoms with E-state index < -0.39 is 36.3 Å². The van der Waals surface area contributed by atoms with Gasteiger partial charge in [-0.3, -0.25) is 14.4 Å². The van der Waals surface area contributed by atoms with Gasteiger partial charge in [-0.1, -0.05) is 44.7 Å². The molecule has 4 rings (SSSR count). The molecular weight excluding hydrogens is 628 g/mol. The van der Waals surface area contributed by atoms with Gasteiger partial charge in [-0.25, -0.2) is 9.59 Å². The number of carbonyl (C=O) groups is 5. The lowest BCUT2D eigenvalue weighted by Gasteiger charge is -2.21. The predicted molar refractivity (Wildman–Crippen MR) is 182 cm³/mol. The molecule has 254 valence electrons. The monoisotopic (exact) mass is 666 g/mol. The average molecular weight is 667 g/mol. The maximum absolute atomic E-state index is 13.3. The minimum absolute atomic E-state index is 0.0236. The first-order valence-corrected chi connectivity index (χ1v) is 15.9. The molecular formula is C38H38N2O9. The van der Waals surface area contributed by atoms with Crippen molar-refractivity contribution in [3.8, 4) is 11.5 Å². The highest BCUT2D eigenvalue weighted by Gasteiger charge is 2.20. The SMILES string of the molecule is CCCCCCCOc1ccc(C(=O)Oc2ccc(CN(CC(=O)O)C(=O)c3ccc(NC(=O)c4ccc(C(=O)O)cc4)cc3)cc2)cc1. The van der Waals surface area contributed by atoms with Crippen molar-refractivity contribution in [2.24, 2.45) is 0 Å². The number of benzene rings is 4. The van der Waals surface area contributed by atoms with Crippen LogP contribution in [0.2, 0.25) is 0 Å². The Kier molecular flexibility index (Phi) is 13.0. The lowest BCUT2D eigenvalue weighted by atomic mass is 10.1. The number of ether oxygens (including phenoxy) is 2. The van der Waals surface area contributed by atoms with Crippen LogP contribution in [-0.2, 0) is 11.3 Å². The summed E-state index contributed by atoms with van der Waals surface area (Å²) in [4.78, 5) is 62.3. The minimum Gasteiger partial charge on any atom is -0.494 e. The maximum Gasteiger partial charge on any atom is 0.343 e. The van der Waals surface area contributed by atoms with Gasteiger partial charge in [-0.2, -0.15) is 0 Å². The number of esters is 1. The second-order valence-corrected chi connectivity index (χ2v) is 11.3. The van der Waals surface area contributed by atoms with Crippen molar-refractivity contribution in [1.82, 2.24) is 4.90 Å². The Bertz CT molecular complexity index is 1730. The number of aliphatic carboxylic acids is 1. The summed E-state index contributed by atoms with van der Waals surface area (Å²) in [5, 5.41) is 21.2. The number of unbranched alkanes of at least 4 members (excludes halogenated alkanes) is 4. The van der Waals surface area contributed by atoms with E-state index in [0.717, 1.165) is 17.7 Å². The van der Waals surface area contributed by atoms with Crippen LogP contribution in [0.5, 0.6) is 11.5 Å². The summed E-state index contributed by atoms with van der Waals surface area (Å²) in [5.74, 6) is -2.88. The van der Waals surface area contributed by atoms with E-state index in [1.54, 1.807) is 48.5 Å². The molecule has 4 aromatic rings. The molecule has 0 aliphatic rings. The van der Waals surface area contributed by atoms with Crippen LogP contribution in [0.15, 0.2) is 97.1 Å². The highest BCUT2D eigenvalue weighted by Crippen LogP contribution is 2.20. The fourth-order valence-electron chi connectivity index (χ4n) is 4.84. The van der Waals surface area contributed by atoms with Gasteiger partial charge in [0.15, 0.2) is 0 Å². The van der Waals surface area contributed by atoms with Crippen LogP contribution in [0.4, 0.5) is 5.69 Å². The van der Waals surface area contributed by atoms with E-state index in [9.17, 15) is 29.1 Å². The molecule has 2 amide bonds. The molecule has 0 radical (unpaired) electrons. The summed E-state index contributed by atoms with van der Waals surface area (Å²) in [6, 6.07) is 24.5. The van der Waals surface area contributed by atoms with Crippen molar-refractivity contribution in [1.29, 1.82) is 0 Å². The standard InChI is InChI=1S/C38H38N2O9/c1-2-3-4-5-6-23-48-32-21-15-30(16-22-32)38(47)49-33-19-7-26(8-20-33)24-40(25-34(41)42)36(44)28-13-17-31(18-14-28)39-35(43)27-9-11-29(12-10-27)37(45)46/h7-22H,2-6,23-25H2,1H3,(H,39,43)(H,41,42)(H,45,46). The zero-order valence-corrected chi connectivity index (χ0v) is 27.1. The van der Waals surface area contributed by atoms with E-state index in [1.165, 1.54) is 67.8 Å². The maximum atomic E-state index is 13.3. The third kappa shape index (κ3) is 11.1. The van der Waals surface area contributed by atoms with Crippen molar-refractivity contribution in [2.45, 2.75) is 45.6 Å². The lowest BCUT2D eigenvalue weighted by Crippen LogP contribution is -2.35. The Morgan fingerprint density at radius 3 is 1.84 bits per heavy atom. The molecule has 49 heavy (non-hydrogen) atoms. The Hall–Kier alpha value is -5.97. The number of carboxylic acids is 2. The molecule has 0 aliphatic carbocycles. The summed E-state index contributed by atoms with van der Waals surface area (Å²) >= 11 is 0. The summed E-state index contributed by atoms with van der Waals surface area (Å²) < 4.78 is 11.2. The Balaban J connectivity index is 1.31. The Morgan fingerprint density at radius 2 is 1.22 bits per heavy atom. The smallest absolute Gasteiger partial charge is 0.343 e. The minimum atomic E-state index is -1.19. The molecule has 11 nitrogen and oxygen atoms in total. The first-order chi connectivity index (χ1) is 23.6. The fourth-order valence-corrected chi connectivity index (χ4v) is 4.84. The van der Waals surface area contributed by atoms with Crippen LogP contribution in [0.1, 0.15) is 86.0 Å². The molecule has 0 aliphatic heterocycles. The van der Waals surface area contributed by atoms with Crippen LogP contribution in [0, 0.1) is 0 Å². The molecule has 0 spiro atoms. The number of carbonyl (C=O) groups excluding carboxylic acids is 3. The third-order valence-corrected chi connectivity index (χ3v) is 7.51. The molecule has 0 atom stereocenters. The number of hydrogen-bond acceptors (Lipinski definition) is 7. The van der Waals surface area contributed by atoms with Gasteiger partial charge >= 0.3 is 17.9 Å². The van der Waals surface area contributed by atoms with Crippen LogP contribution in [0.25, 0.3) is 0 Å². The number of aromatic carboxylic acids is 1. The van der Waals surface area contributed by atoms with Gasteiger partial charge in [0.2, 0.25) is 0 Å². The molecule has 0 saturated carbocycles. The summed E-state index contributed by atoms with van der Waals surface area (Å²) in [6.45, 7) is 2.22. The number of rotatable bonds is 17. The Morgan fingerprint density at radius 1 is 0.653 bits per heavy atom. The van der Waals surface area contributed by atoms with Crippen LogP contribution in [0.3, 0.4) is 0 Å². The van der Waals surface area contributed by atoms with Gasteiger partial charge in [-0.05, 0) is 96.9 Å². The average Bonchev–Trinajstić information content (AvgIpc) is 3.10. The number of hydrogen-bond donors (Lipinski definition) is 3. The quantitative estimate of drug-likeness (QED) is 0.0617.